The van der Waals surface area contributed by atoms with Crippen molar-refractivity contribution in [1.29, 1.82) is 0 Å². The molecule has 1 aromatic rings. The average molecular weight is 257 g/mol. The molecule has 0 bridgehead atoms. The first-order valence-electron chi connectivity index (χ1n) is 6.06. The molecule has 6 heteroatoms. The van der Waals surface area contributed by atoms with E-state index < -0.39 is 10.0 Å². The molecule has 1 aliphatic heterocycles. The molecule has 0 spiro atoms. The van der Waals surface area contributed by atoms with Crippen molar-refractivity contribution < 1.29 is 8.42 Å². The molecule has 1 fully saturated rings. The van der Waals surface area contributed by atoms with E-state index in [0.717, 1.165) is 25.7 Å². The predicted molar refractivity (Wildman–Crippen MR) is 65.0 cm³/mol. The Labute approximate surface area is 102 Å². The second kappa shape index (κ2) is 4.78. The van der Waals surface area contributed by atoms with E-state index in [0.29, 0.717) is 11.4 Å². The summed E-state index contributed by atoms with van der Waals surface area (Å²) in [6.45, 7) is 2.68. The van der Waals surface area contributed by atoms with Crippen LogP contribution in [0.3, 0.4) is 0 Å². The van der Waals surface area contributed by atoms with Gasteiger partial charge in [0.2, 0.25) is 10.0 Å². The molecule has 5 nitrogen and oxygen atoms in total. The largest absolute Gasteiger partial charge is 0.274 e. The van der Waals surface area contributed by atoms with Gasteiger partial charge < -0.3 is 0 Å². The molecule has 0 N–H and O–H groups in total. The first kappa shape index (κ1) is 12.6. The fourth-order valence-electron chi connectivity index (χ4n) is 2.37. The van der Waals surface area contributed by atoms with E-state index >= 15 is 0 Å². The minimum absolute atomic E-state index is 0.147. The molecule has 0 radical (unpaired) electrons. The van der Waals surface area contributed by atoms with Crippen LogP contribution in [0.2, 0.25) is 0 Å². The van der Waals surface area contributed by atoms with Gasteiger partial charge in [-0.05, 0) is 19.3 Å². The normalized spacial score (nSPS) is 22.8. The average Bonchev–Trinajstić information content (AvgIpc) is 2.76. The number of piperidine rings is 1. The van der Waals surface area contributed by atoms with Crippen molar-refractivity contribution in [3.05, 3.63) is 12.4 Å². The zero-order valence-corrected chi connectivity index (χ0v) is 11.2. The minimum atomic E-state index is -3.35. The van der Waals surface area contributed by atoms with Crippen LogP contribution in [0.15, 0.2) is 17.3 Å². The standard InChI is InChI=1S/C11H19N3O2S/c1-3-10-6-4-5-7-14(10)17(15,16)11-8-12-13(2)9-11/h8-10H,3-7H2,1-2H3/t10-/m1/s1. The zero-order chi connectivity index (χ0) is 12.5. The van der Waals surface area contributed by atoms with Crippen LogP contribution in [0.1, 0.15) is 32.6 Å². The predicted octanol–water partition coefficient (Wildman–Crippen LogP) is 1.37. The first-order valence-corrected chi connectivity index (χ1v) is 7.50. The molecular weight excluding hydrogens is 238 g/mol. The molecule has 1 aliphatic rings. The van der Waals surface area contributed by atoms with E-state index in [9.17, 15) is 8.42 Å². The van der Waals surface area contributed by atoms with Gasteiger partial charge in [0.25, 0.3) is 0 Å². The maximum Gasteiger partial charge on any atom is 0.246 e. The summed E-state index contributed by atoms with van der Waals surface area (Å²) in [6.07, 6.45) is 6.91. The van der Waals surface area contributed by atoms with Crippen LogP contribution in [0.5, 0.6) is 0 Å². The number of sulfonamides is 1. The van der Waals surface area contributed by atoms with Gasteiger partial charge in [0.05, 0.1) is 6.20 Å². The fraction of sp³-hybridized carbons (Fsp3) is 0.727. The van der Waals surface area contributed by atoms with E-state index in [4.69, 9.17) is 0 Å². The zero-order valence-electron chi connectivity index (χ0n) is 10.3. The van der Waals surface area contributed by atoms with Gasteiger partial charge in [-0.25, -0.2) is 8.42 Å². The summed E-state index contributed by atoms with van der Waals surface area (Å²) < 4.78 is 28.1. The lowest BCUT2D eigenvalue weighted by molar-refractivity contribution is 0.246. The molecule has 0 aliphatic carbocycles. The lowest BCUT2D eigenvalue weighted by atomic mass is 10.0. The third-order valence-electron chi connectivity index (χ3n) is 3.33. The molecule has 0 unspecified atom stereocenters. The Kier molecular flexibility index (Phi) is 3.53. The highest BCUT2D eigenvalue weighted by atomic mass is 32.2. The van der Waals surface area contributed by atoms with E-state index in [1.54, 1.807) is 17.5 Å². The summed E-state index contributed by atoms with van der Waals surface area (Å²) in [5.74, 6) is 0. The highest BCUT2D eigenvalue weighted by Crippen LogP contribution is 2.26. The third-order valence-corrected chi connectivity index (χ3v) is 5.24. The van der Waals surface area contributed by atoms with Crippen molar-refractivity contribution in [3.63, 3.8) is 0 Å². The summed E-state index contributed by atoms with van der Waals surface area (Å²) in [4.78, 5) is 0.306. The van der Waals surface area contributed by atoms with Gasteiger partial charge in [-0.3, -0.25) is 4.68 Å². The second-order valence-corrected chi connectivity index (χ2v) is 6.41. The highest BCUT2D eigenvalue weighted by Gasteiger charge is 2.33. The van der Waals surface area contributed by atoms with Gasteiger partial charge in [0, 0.05) is 25.8 Å². The van der Waals surface area contributed by atoms with Crippen molar-refractivity contribution in [3.8, 4) is 0 Å². The molecule has 2 heterocycles. The van der Waals surface area contributed by atoms with Gasteiger partial charge in [0.1, 0.15) is 4.90 Å². The Hall–Kier alpha value is -0.880. The number of nitrogens with zero attached hydrogens (tertiary/aromatic N) is 3. The lowest BCUT2D eigenvalue weighted by Crippen LogP contribution is -2.43. The van der Waals surface area contributed by atoms with Crippen LogP contribution in [0.25, 0.3) is 0 Å². The molecule has 17 heavy (non-hydrogen) atoms. The van der Waals surface area contributed by atoms with Crippen molar-refractivity contribution in [1.82, 2.24) is 14.1 Å². The Morgan fingerprint density at radius 1 is 1.47 bits per heavy atom. The van der Waals surface area contributed by atoms with Crippen molar-refractivity contribution in [2.45, 2.75) is 43.5 Å². The third kappa shape index (κ3) is 2.37. The summed E-state index contributed by atoms with van der Waals surface area (Å²) in [7, 11) is -1.62. The molecule has 2 rings (SSSR count). The minimum Gasteiger partial charge on any atom is -0.274 e. The maximum absolute atomic E-state index is 12.4. The molecule has 0 amide bonds. The molecule has 0 saturated carbocycles. The van der Waals surface area contributed by atoms with Crippen LogP contribution in [0.4, 0.5) is 0 Å². The SMILES string of the molecule is CC[C@@H]1CCCCN1S(=O)(=O)c1cnn(C)c1. The van der Waals surface area contributed by atoms with Crippen LogP contribution < -0.4 is 0 Å². The van der Waals surface area contributed by atoms with E-state index in [1.807, 2.05) is 6.92 Å². The first-order chi connectivity index (χ1) is 8.05. The molecule has 1 atom stereocenters. The number of aromatic nitrogens is 2. The summed E-state index contributed by atoms with van der Waals surface area (Å²) in [5.41, 5.74) is 0. The maximum atomic E-state index is 12.4. The van der Waals surface area contributed by atoms with Gasteiger partial charge >= 0.3 is 0 Å². The number of rotatable bonds is 3. The second-order valence-electron chi connectivity index (χ2n) is 4.52. The van der Waals surface area contributed by atoms with Gasteiger partial charge in [0.15, 0.2) is 0 Å². The van der Waals surface area contributed by atoms with Crippen LogP contribution >= 0.6 is 0 Å². The topological polar surface area (TPSA) is 55.2 Å². The number of hydrogen-bond acceptors (Lipinski definition) is 3. The van der Waals surface area contributed by atoms with Crippen LogP contribution in [-0.4, -0.2) is 35.1 Å². The quantitative estimate of drug-likeness (QED) is 0.822. The Morgan fingerprint density at radius 2 is 2.24 bits per heavy atom. The van der Waals surface area contributed by atoms with Gasteiger partial charge in [-0.2, -0.15) is 9.40 Å². The van der Waals surface area contributed by atoms with E-state index in [2.05, 4.69) is 5.10 Å². The number of aryl methyl sites for hydroxylation is 1. The molecule has 1 saturated heterocycles. The fourth-order valence-corrected chi connectivity index (χ4v) is 4.12. The summed E-state index contributed by atoms with van der Waals surface area (Å²) in [6, 6.07) is 0.147. The van der Waals surface area contributed by atoms with Crippen LogP contribution in [0, 0.1) is 0 Å². The number of hydrogen-bond donors (Lipinski definition) is 0. The molecule has 1 aromatic heterocycles. The highest BCUT2D eigenvalue weighted by molar-refractivity contribution is 7.89. The monoisotopic (exact) mass is 257 g/mol. The Morgan fingerprint density at radius 3 is 2.82 bits per heavy atom. The smallest absolute Gasteiger partial charge is 0.246 e. The van der Waals surface area contributed by atoms with Crippen molar-refractivity contribution in [2.24, 2.45) is 7.05 Å². The van der Waals surface area contributed by atoms with Crippen LogP contribution in [-0.2, 0) is 17.1 Å². The lowest BCUT2D eigenvalue weighted by Gasteiger charge is -2.33. The van der Waals surface area contributed by atoms with Gasteiger partial charge in [-0.1, -0.05) is 13.3 Å². The van der Waals surface area contributed by atoms with Crippen molar-refractivity contribution in [2.75, 3.05) is 6.54 Å². The van der Waals surface area contributed by atoms with Gasteiger partial charge in [-0.15, -0.1) is 0 Å². The van der Waals surface area contributed by atoms with E-state index in [1.165, 1.54) is 10.9 Å². The Balaban J connectivity index is 2.30. The molecule has 96 valence electrons. The Bertz CT molecular complexity index is 481. The molecule has 0 aromatic carbocycles. The van der Waals surface area contributed by atoms with E-state index in [-0.39, 0.29) is 6.04 Å². The van der Waals surface area contributed by atoms with Crippen molar-refractivity contribution >= 4 is 10.0 Å². The summed E-state index contributed by atoms with van der Waals surface area (Å²) in [5, 5.41) is 3.94. The summed E-state index contributed by atoms with van der Waals surface area (Å²) >= 11 is 0. The molecular formula is C11H19N3O2S.